The van der Waals surface area contributed by atoms with E-state index in [1.54, 1.807) is 11.0 Å². The standard InChI is InChI=1S/C25H35N5O3/c31-23(10-7-14-30-20-26-19-28-30)29-15-12-25(13-16-29)11-5-1-2-6-17-33-22-9-4-3-8-21(22)24(32)27-18-25/h3-4,8-9,19-20H,1-2,5-7,10-18H2,(H,27,32). The minimum atomic E-state index is -0.0733. The van der Waals surface area contributed by atoms with Gasteiger partial charge in [0.05, 0.1) is 12.2 Å². The van der Waals surface area contributed by atoms with Gasteiger partial charge in [-0.25, -0.2) is 4.98 Å². The van der Waals surface area contributed by atoms with Crippen molar-refractivity contribution in [1.29, 1.82) is 0 Å². The SMILES string of the molecule is O=C1NCC2(CCCCCCOc3ccccc31)CCN(C(=O)CCCn1cncn1)CC2. The number of fused-ring (bicyclic) bond motifs is 1. The number of para-hydroxylation sites is 1. The Morgan fingerprint density at radius 2 is 1.91 bits per heavy atom. The Balaban J connectivity index is 1.33. The molecule has 2 aromatic rings. The predicted octanol–water partition coefficient (Wildman–Crippen LogP) is 3.44. The molecule has 0 unspecified atom stereocenters. The van der Waals surface area contributed by atoms with Crippen molar-refractivity contribution in [2.75, 3.05) is 26.2 Å². The molecule has 2 aliphatic heterocycles. The molecule has 3 heterocycles. The number of ether oxygens (including phenoxy) is 1. The Kier molecular flexibility index (Phi) is 7.96. The van der Waals surface area contributed by atoms with E-state index in [-0.39, 0.29) is 17.2 Å². The van der Waals surface area contributed by atoms with Crippen molar-refractivity contribution in [1.82, 2.24) is 25.0 Å². The Labute approximate surface area is 195 Å². The number of hydrogen-bond acceptors (Lipinski definition) is 5. The van der Waals surface area contributed by atoms with Crippen LogP contribution >= 0.6 is 0 Å². The van der Waals surface area contributed by atoms with Gasteiger partial charge in [-0.3, -0.25) is 14.3 Å². The zero-order chi connectivity index (χ0) is 22.9. The molecule has 1 N–H and O–H groups in total. The molecule has 1 saturated heterocycles. The second-order valence-electron chi connectivity index (χ2n) is 9.33. The summed E-state index contributed by atoms with van der Waals surface area (Å²) in [5, 5.41) is 7.28. The van der Waals surface area contributed by atoms with Gasteiger partial charge in [-0.15, -0.1) is 0 Å². The third kappa shape index (κ3) is 6.33. The van der Waals surface area contributed by atoms with Crippen LogP contribution in [0.25, 0.3) is 0 Å². The van der Waals surface area contributed by atoms with Crippen molar-refractivity contribution >= 4 is 11.8 Å². The average Bonchev–Trinajstić information content (AvgIpc) is 3.36. The lowest BCUT2D eigenvalue weighted by Crippen LogP contribution is -2.48. The summed E-state index contributed by atoms with van der Waals surface area (Å²) in [4.78, 5) is 31.6. The van der Waals surface area contributed by atoms with Gasteiger partial charge in [0, 0.05) is 32.6 Å². The van der Waals surface area contributed by atoms with Crippen molar-refractivity contribution in [3.8, 4) is 5.75 Å². The second kappa shape index (κ2) is 11.3. The van der Waals surface area contributed by atoms with Gasteiger partial charge in [0.15, 0.2) is 0 Å². The van der Waals surface area contributed by atoms with Gasteiger partial charge in [-0.05, 0) is 49.7 Å². The van der Waals surface area contributed by atoms with Gasteiger partial charge in [-0.1, -0.05) is 31.4 Å². The van der Waals surface area contributed by atoms with E-state index in [9.17, 15) is 9.59 Å². The number of nitrogens with zero attached hydrogens (tertiary/aromatic N) is 4. The number of likely N-dealkylation sites (tertiary alicyclic amines) is 1. The Bertz CT molecular complexity index is 907. The van der Waals surface area contributed by atoms with Crippen LogP contribution in [0.4, 0.5) is 0 Å². The molecule has 0 saturated carbocycles. The molecule has 1 spiro atoms. The third-order valence-electron chi connectivity index (χ3n) is 7.04. The molecular weight excluding hydrogens is 418 g/mol. The van der Waals surface area contributed by atoms with Crippen molar-refractivity contribution < 1.29 is 14.3 Å². The Morgan fingerprint density at radius 3 is 2.73 bits per heavy atom. The van der Waals surface area contributed by atoms with E-state index in [4.69, 9.17) is 4.74 Å². The average molecular weight is 454 g/mol. The number of rotatable bonds is 4. The highest BCUT2D eigenvalue weighted by molar-refractivity contribution is 5.96. The summed E-state index contributed by atoms with van der Waals surface area (Å²) in [6.45, 7) is 3.52. The highest BCUT2D eigenvalue weighted by atomic mass is 16.5. The number of carbonyl (C=O) groups is 2. The number of piperidine rings is 1. The molecule has 2 amide bonds. The van der Waals surface area contributed by atoms with Crippen molar-refractivity contribution in [3.05, 3.63) is 42.5 Å². The maximum atomic E-state index is 13.0. The summed E-state index contributed by atoms with van der Waals surface area (Å²) in [5.74, 6) is 0.801. The van der Waals surface area contributed by atoms with Crippen LogP contribution in [0.15, 0.2) is 36.9 Å². The number of benzene rings is 1. The van der Waals surface area contributed by atoms with Crippen LogP contribution in [0.1, 0.15) is 68.1 Å². The van der Waals surface area contributed by atoms with Crippen LogP contribution < -0.4 is 10.1 Å². The van der Waals surface area contributed by atoms with Crippen LogP contribution in [0.2, 0.25) is 0 Å². The number of aromatic nitrogens is 3. The number of aryl methyl sites for hydroxylation is 1. The van der Waals surface area contributed by atoms with E-state index in [1.807, 2.05) is 29.2 Å². The fourth-order valence-corrected chi connectivity index (χ4v) is 4.93. The molecule has 1 fully saturated rings. The Hall–Kier alpha value is -2.90. The monoisotopic (exact) mass is 453 g/mol. The first kappa shape index (κ1) is 23.3. The van der Waals surface area contributed by atoms with Crippen LogP contribution in [0.5, 0.6) is 5.75 Å². The molecule has 1 aromatic carbocycles. The van der Waals surface area contributed by atoms with E-state index < -0.39 is 0 Å². The zero-order valence-electron chi connectivity index (χ0n) is 19.4. The fraction of sp³-hybridized carbons (Fsp3) is 0.600. The third-order valence-corrected chi connectivity index (χ3v) is 7.04. The summed E-state index contributed by atoms with van der Waals surface area (Å²) >= 11 is 0. The van der Waals surface area contributed by atoms with E-state index in [1.165, 1.54) is 12.7 Å². The highest BCUT2D eigenvalue weighted by Gasteiger charge is 2.36. The van der Waals surface area contributed by atoms with Crippen molar-refractivity contribution in [3.63, 3.8) is 0 Å². The van der Waals surface area contributed by atoms with Crippen LogP contribution in [0.3, 0.4) is 0 Å². The van der Waals surface area contributed by atoms with Crippen molar-refractivity contribution in [2.45, 2.75) is 64.3 Å². The fourth-order valence-electron chi connectivity index (χ4n) is 4.93. The predicted molar refractivity (Wildman–Crippen MR) is 125 cm³/mol. The van der Waals surface area contributed by atoms with Gasteiger partial charge in [-0.2, -0.15) is 5.10 Å². The normalized spacial score (nSPS) is 19.4. The summed E-state index contributed by atoms with van der Waals surface area (Å²) in [6.07, 6.45) is 11.9. The van der Waals surface area contributed by atoms with E-state index >= 15 is 0 Å². The van der Waals surface area contributed by atoms with Gasteiger partial charge in [0.1, 0.15) is 18.4 Å². The van der Waals surface area contributed by atoms with E-state index in [2.05, 4.69) is 15.4 Å². The quantitative estimate of drug-likeness (QED) is 0.766. The topological polar surface area (TPSA) is 89.4 Å². The number of hydrogen-bond donors (Lipinski definition) is 1. The molecule has 8 heteroatoms. The molecule has 0 atom stereocenters. The first-order valence-electron chi connectivity index (χ1n) is 12.3. The molecular formula is C25H35N5O3. The van der Waals surface area contributed by atoms with E-state index in [0.29, 0.717) is 37.4 Å². The summed E-state index contributed by atoms with van der Waals surface area (Å²) in [5.41, 5.74) is 0.656. The lowest BCUT2D eigenvalue weighted by Gasteiger charge is -2.42. The molecule has 178 valence electrons. The molecule has 0 radical (unpaired) electrons. The molecule has 33 heavy (non-hydrogen) atoms. The number of amides is 2. The maximum Gasteiger partial charge on any atom is 0.255 e. The zero-order valence-corrected chi connectivity index (χ0v) is 19.4. The Morgan fingerprint density at radius 1 is 1.09 bits per heavy atom. The maximum absolute atomic E-state index is 13.0. The molecule has 0 aliphatic carbocycles. The molecule has 8 nitrogen and oxygen atoms in total. The lowest BCUT2D eigenvalue weighted by atomic mass is 9.74. The smallest absolute Gasteiger partial charge is 0.255 e. The van der Waals surface area contributed by atoms with Gasteiger partial charge in [0.25, 0.3) is 5.91 Å². The molecule has 1 aromatic heterocycles. The lowest BCUT2D eigenvalue weighted by molar-refractivity contribution is -0.133. The minimum absolute atomic E-state index is 0.0526. The van der Waals surface area contributed by atoms with Crippen molar-refractivity contribution in [2.24, 2.45) is 5.41 Å². The van der Waals surface area contributed by atoms with Gasteiger partial charge in [0.2, 0.25) is 5.91 Å². The molecule has 4 rings (SSSR count). The first-order chi connectivity index (χ1) is 16.2. The summed E-state index contributed by atoms with van der Waals surface area (Å²) in [7, 11) is 0. The number of carbonyl (C=O) groups excluding carboxylic acids is 2. The molecule has 2 aliphatic rings. The first-order valence-corrected chi connectivity index (χ1v) is 12.3. The van der Waals surface area contributed by atoms with Crippen LogP contribution in [-0.4, -0.2) is 57.7 Å². The van der Waals surface area contributed by atoms with Gasteiger partial charge < -0.3 is 15.0 Å². The van der Waals surface area contributed by atoms with E-state index in [0.717, 1.165) is 58.0 Å². The molecule has 0 bridgehead atoms. The van der Waals surface area contributed by atoms with Gasteiger partial charge >= 0.3 is 0 Å². The van der Waals surface area contributed by atoms with Crippen LogP contribution in [-0.2, 0) is 11.3 Å². The number of nitrogens with one attached hydrogen (secondary N) is 1. The minimum Gasteiger partial charge on any atom is -0.493 e. The summed E-state index contributed by atoms with van der Waals surface area (Å²) in [6, 6.07) is 7.49. The largest absolute Gasteiger partial charge is 0.493 e. The second-order valence-corrected chi connectivity index (χ2v) is 9.33. The summed E-state index contributed by atoms with van der Waals surface area (Å²) < 4.78 is 7.65. The van der Waals surface area contributed by atoms with Crippen LogP contribution in [0, 0.1) is 5.41 Å². The highest BCUT2D eigenvalue weighted by Crippen LogP contribution is 2.37.